The van der Waals surface area contributed by atoms with Crippen molar-refractivity contribution < 1.29 is 4.79 Å². The quantitative estimate of drug-likeness (QED) is 0.905. The zero-order valence-electron chi connectivity index (χ0n) is 9.80. The molecule has 5 nitrogen and oxygen atoms in total. The van der Waals surface area contributed by atoms with Crippen LogP contribution in [-0.4, -0.2) is 15.7 Å². The summed E-state index contributed by atoms with van der Waals surface area (Å²) >= 11 is 3.47. The predicted molar refractivity (Wildman–Crippen MR) is 72.4 cm³/mol. The van der Waals surface area contributed by atoms with E-state index < -0.39 is 5.91 Å². The Morgan fingerprint density at radius 2 is 2.17 bits per heavy atom. The topological polar surface area (TPSA) is 86.9 Å². The Bertz CT molecular complexity index is 592. The standard InChI is InChI=1S/C12H13BrN4O/c1-7(14)9-3-2-8(6-10(9)13)17-5-4-11(16-17)12(15)18/h2-7H,14H2,1H3,(H2,15,18)/t7-/m1/s1. The Morgan fingerprint density at radius 1 is 1.44 bits per heavy atom. The summed E-state index contributed by atoms with van der Waals surface area (Å²) in [4.78, 5) is 11.0. The lowest BCUT2D eigenvalue weighted by Crippen LogP contribution is -2.12. The van der Waals surface area contributed by atoms with E-state index in [4.69, 9.17) is 11.5 Å². The first-order valence-electron chi connectivity index (χ1n) is 5.40. The molecule has 0 aliphatic heterocycles. The van der Waals surface area contributed by atoms with Crippen LogP contribution in [0.5, 0.6) is 0 Å². The van der Waals surface area contributed by atoms with Gasteiger partial charge in [-0.05, 0) is 30.7 Å². The van der Waals surface area contributed by atoms with Gasteiger partial charge in [-0.3, -0.25) is 4.79 Å². The van der Waals surface area contributed by atoms with E-state index in [1.54, 1.807) is 16.9 Å². The lowest BCUT2D eigenvalue weighted by Gasteiger charge is -2.10. The second-order valence-corrected chi connectivity index (χ2v) is 4.86. The molecule has 6 heteroatoms. The fourth-order valence-electron chi connectivity index (χ4n) is 1.63. The lowest BCUT2D eigenvalue weighted by molar-refractivity contribution is 0.0995. The average Bonchev–Trinajstić information content (AvgIpc) is 2.77. The molecule has 0 spiro atoms. The van der Waals surface area contributed by atoms with Crippen molar-refractivity contribution in [1.29, 1.82) is 0 Å². The van der Waals surface area contributed by atoms with Crippen LogP contribution in [0.15, 0.2) is 34.9 Å². The van der Waals surface area contributed by atoms with Gasteiger partial charge in [0.25, 0.3) is 5.91 Å². The highest BCUT2D eigenvalue weighted by Gasteiger charge is 2.09. The molecular weight excluding hydrogens is 296 g/mol. The van der Waals surface area contributed by atoms with Crippen molar-refractivity contribution in [2.75, 3.05) is 0 Å². The number of carbonyl (C=O) groups excluding carboxylic acids is 1. The molecule has 0 aliphatic rings. The van der Waals surface area contributed by atoms with E-state index in [1.807, 2.05) is 25.1 Å². The van der Waals surface area contributed by atoms with Gasteiger partial charge in [-0.2, -0.15) is 5.10 Å². The fraction of sp³-hybridized carbons (Fsp3) is 0.167. The molecule has 1 atom stereocenters. The maximum atomic E-state index is 11.0. The number of carbonyl (C=O) groups is 1. The fourth-order valence-corrected chi connectivity index (χ4v) is 2.35. The number of benzene rings is 1. The van der Waals surface area contributed by atoms with E-state index >= 15 is 0 Å². The molecule has 4 N–H and O–H groups in total. The third kappa shape index (κ3) is 2.44. The first-order chi connectivity index (χ1) is 8.49. The van der Waals surface area contributed by atoms with E-state index in [1.165, 1.54) is 0 Å². The Balaban J connectivity index is 2.39. The third-order valence-electron chi connectivity index (χ3n) is 2.58. The van der Waals surface area contributed by atoms with Crippen LogP contribution < -0.4 is 11.5 Å². The Kier molecular flexibility index (Phi) is 3.49. The van der Waals surface area contributed by atoms with Gasteiger partial charge in [0, 0.05) is 16.7 Å². The van der Waals surface area contributed by atoms with E-state index in [0.29, 0.717) is 0 Å². The molecule has 0 saturated carbocycles. The number of nitrogens with two attached hydrogens (primary N) is 2. The zero-order valence-corrected chi connectivity index (χ0v) is 11.4. The van der Waals surface area contributed by atoms with E-state index in [0.717, 1.165) is 15.7 Å². The molecule has 1 aromatic carbocycles. The van der Waals surface area contributed by atoms with Crippen LogP contribution in [0.25, 0.3) is 5.69 Å². The molecule has 18 heavy (non-hydrogen) atoms. The largest absolute Gasteiger partial charge is 0.364 e. The van der Waals surface area contributed by atoms with Gasteiger partial charge in [0.2, 0.25) is 0 Å². The molecule has 2 rings (SSSR count). The Morgan fingerprint density at radius 3 is 2.67 bits per heavy atom. The molecule has 1 amide bonds. The number of halogens is 1. The van der Waals surface area contributed by atoms with Gasteiger partial charge in [0.1, 0.15) is 5.69 Å². The molecule has 0 saturated heterocycles. The molecule has 0 radical (unpaired) electrons. The van der Waals surface area contributed by atoms with Gasteiger partial charge < -0.3 is 11.5 Å². The van der Waals surface area contributed by atoms with Gasteiger partial charge in [-0.15, -0.1) is 0 Å². The number of aromatic nitrogens is 2. The van der Waals surface area contributed by atoms with Crippen LogP contribution in [0, 0.1) is 0 Å². The maximum Gasteiger partial charge on any atom is 0.269 e. The molecular formula is C12H13BrN4O. The molecule has 0 aliphatic carbocycles. The molecule has 2 aromatic rings. The van der Waals surface area contributed by atoms with Crippen LogP contribution in [0.3, 0.4) is 0 Å². The SMILES string of the molecule is C[C@@H](N)c1ccc(-n2ccc(C(N)=O)n2)cc1Br. The summed E-state index contributed by atoms with van der Waals surface area (Å²) in [6, 6.07) is 7.25. The molecule has 0 unspecified atom stereocenters. The second kappa shape index (κ2) is 4.91. The highest BCUT2D eigenvalue weighted by Crippen LogP contribution is 2.24. The van der Waals surface area contributed by atoms with E-state index in [2.05, 4.69) is 21.0 Å². The molecule has 0 fully saturated rings. The number of amides is 1. The minimum atomic E-state index is -0.542. The van der Waals surface area contributed by atoms with Crippen molar-refractivity contribution in [1.82, 2.24) is 9.78 Å². The maximum absolute atomic E-state index is 11.0. The van der Waals surface area contributed by atoms with Gasteiger partial charge in [-0.25, -0.2) is 4.68 Å². The lowest BCUT2D eigenvalue weighted by atomic mass is 10.1. The minimum Gasteiger partial charge on any atom is -0.364 e. The summed E-state index contributed by atoms with van der Waals surface area (Å²) in [6.45, 7) is 1.92. The van der Waals surface area contributed by atoms with Gasteiger partial charge in [0.05, 0.1) is 5.69 Å². The third-order valence-corrected chi connectivity index (χ3v) is 3.27. The number of hydrogen-bond acceptors (Lipinski definition) is 3. The second-order valence-electron chi connectivity index (χ2n) is 4.00. The molecule has 1 aromatic heterocycles. The number of rotatable bonds is 3. The van der Waals surface area contributed by atoms with Gasteiger partial charge in [0.15, 0.2) is 0 Å². The Labute approximate surface area is 113 Å². The summed E-state index contributed by atoms with van der Waals surface area (Å²) in [5.41, 5.74) is 13.1. The van der Waals surface area contributed by atoms with Crippen molar-refractivity contribution >= 4 is 21.8 Å². The van der Waals surface area contributed by atoms with Crippen LogP contribution in [0.2, 0.25) is 0 Å². The normalized spacial score (nSPS) is 12.4. The summed E-state index contributed by atoms with van der Waals surface area (Å²) in [6.07, 6.45) is 1.69. The number of hydrogen-bond donors (Lipinski definition) is 2. The number of primary amides is 1. The summed E-state index contributed by atoms with van der Waals surface area (Å²) in [5.74, 6) is -0.542. The van der Waals surface area contributed by atoms with Crippen molar-refractivity contribution in [3.63, 3.8) is 0 Å². The highest BCUT2D eigenvalue weighted by molar-refractivity contribution is 9.10. The zero-order chi connectivity index (χ0) is 13.3. The van der Waals surface area contributed by atoms with E-state index in [9.17, 15) is 4.79 Å². The smallest absolute Gasteiger partial charge is 0.269 e. The predicted octanol–water partition coefficient (Wildman–Crippen LogP) is 1.75. The molecule has 1 heterocycles. The minimum absolute atomic E-state index is 0.0489. The van der Waals surface area contributed by atoms with Crippen LogP contribution in [0.4, 0.5) is 0 Å². The van der Waals surface area contributed by atoms with Crippen molar-refractivity contribution in [2.45, 2.75) is 13.0 Å². The summed E-state index contributed by atoms with van der Waals surface area (Å²) < 4.78 is 2.50. The average molecular weight is 309 g/mol. The van der Waals surface area contributed by atoms with E-state index in [-0.39, 0.29) is 11.7 Å². The monoisotopic (exact) mass is 308 g/mol. The van der Waals surface area contributed by atoms with Crippen LogP contribution >= 0.6 is 15.9 Å². The summed E-state index contributed by atoms with van der Waals surface area (Å²) in [5, 5.41) is 4.09. The van der Waals surface area contributed by atoms with Crippen molar-refractivity contribution in [2.24, 2.45) is 11.5 Å². The summed E-state index contributed by atoms with van der Waals surface area (Å²) in [7, 11) is 0. The van der Waals surface area contributed by atoms with Crippen molar-refractivity contribution in [3.8, 4) is 5.69 Å². The van der Waals surface area contributed by atoms with Crippen LogP contribution in [-0.2, 0) is 0 Å². The number of nitrogens with zero attached hydrogens (tertiary/aromatic N) is 2. The first kappa shape index (κ1) is 12.8. The Hall–Kier alpha value is -1.66. The van der Waals surface area contributed by atoms with Crippen molar-refractivity contribution in [3.05, 3.63) is 46.2 Å². The van der Waals surface area contributed by atoms with Gasteiger partial charge in [-0.1, -0.05) is 22.0 Å². The molecule has 94 valence electrons. The molecule has 0 bridgehead atoms. The highest BCUT2D eigenvalue weighted by atomic mass is 79.9. The van der Waals surface area contributed by atoms with Crippen LogP contribution in [0.1, 0.15) is 29.0 Å². The van der Waals surface area contributed by atoms with Gasteiger partial charge >= 0.3 is 0 Å². The first-order valence-corrected chi connectivity index (χ1v) is 6.19.